The third-order valence-electron chi connectivity index (χ3n) is 3.37. The van der Waals surface area contributed by atoms with Crippen molar-refractivity contribution >= 4 is 40.2 Å². The summed E-state index contributed by atoms with van der Waals surface area (Å²) in [5.41, 5.74) is -0.650. The molecule has 0 aromatic carbocycles. The van der Waals surface area contributed by atoms with Gasteiger partial charge in [-0.2, -0.15) is 0 Å². The van der Waals surface area contributed by atoms with E-state index in [1.807, 2.05) is 37.4 Å². The molecule has 0 saturated heterocycles. The maximum atomic E-state index is 12.6. The second-order valence-electron chi connectivity index (χ2n) is 5.28. The van der Waals surface area contributed by atoms with E-state index in [9.17, 15) is 9.90 Å². The Labute approximate surface area is 137 Å². The lowest BCUT2D eigenvalue weighted by molar-refractivity contribution is -0.126. The molecule has 0 aliphatic heterocycles. The van der Waals surface area contributed by atoms with E-state index < -0.39 is 5.41 Å². The smallest absolute Gasteiger partial charge is 0.231 e. The van der Waals surface area contributed by atoms with Crippen molar-refractivity contribution < 1.29 is 9.90 Å². The molecule has 2 rings (SSSR count). The number of hydrogen-bond acceptors (Lipinski definition) is 4. The molecule has 2 N–H and O–H groups in total. The van der Waals surface area contributed by atoms with Crippen molar-refractivity contribution in [2.75, 3.05) is 6.61 Å². The monoisotopic (exact) mass is 343 g/mol. The van der Waals surface area contributed by atoms with Crippen molar-refractivity contribution in [2.24, 2.45) is 0 Å². The topological polar surface area (TPSA) is 49.3 Å². The predicted molar refractivity (Wildman–Crippen MR) is 89.3 cm³/mol. The van der Waals surface area contributed by atoms with Gasteiger partial charge in [-0.05, 0) is 43.8 Å². The molecular weight excluding hydrogens is 326 g/mol. The lowest BCUT2D eigenvalue weighted by atomic mass is 9.90. The Morgan fingerprint density at radius 2 is 2.19 bits per heavy atom. The first kappa shape index (κ1) is 16.5. The summed E-state index contributed by atoms with van der Waals surface area (Å²) in [6.45, 7) is 3.80. The van der Waals surface area contributed by atoms with Crippen molar-refractivity contribution in [2.45, 2.75) is 31.7 Å². The molecule has 1 amide bonds. The van der Waals surface area contributed by atoms with Crippen LogP contribution in [-0.2, 0) is 10.2 Å². The van der Waals surface area contributed by atoms with Crippen LogP contribution in [0.25, 0.3) is 0 Å². The number of aliphatic hydroxyl groups excluding tert-OH is 1. The van der Waals surface area contributed by atoms with Gasteiger partial charge >= 0.3 is 0 Å². The van der Waals surface area contributed by atoms with Crippen LogP contribution in [0.15, 0.2) is 29.6 Å². The largest absolute Gasteiger partial charge is 0.396 e. The normalized spacial score (nSPS) is 13.1. The van der Waals surface area contributed by atoms with Gasteiger partial charge in [-0.15, -0.1) is 22.7 Å². The zero-order valence-electron chi connectivity index (χ0n) is 11.9. The van der Waals surface area contributed by atoms with E-state index in [4.69, 9.17) is 11.6 Å². The van der Waals surface area contributed by atoms with Gasteiger partial charge in [-0.1, -0.05) is 17.7 Å². The minimum Gasteiger partial charge on any atom is -0.396 e. The molecule has 114 valence electrons. The molecule has 1 unspecified atom stereocenters. The highest BCUT2D eigenvalue weighted by atomic mass is 35.5. The van der Waals surface area contributed by atoms with E-state index in [-0.39, 0.29) is 18.6 Å². The van der Waals surface area contributed by atoms with E-state index in [1.54, 1.807) is 17.4 Å². The van der Waals surface area contributed by atoms with Gasteiger partial charge in [0.15, 0.2) is 0 Å². The van der Waals surface area contributed by atoms with Crippen LogP contribution in [0, 0.1) is 0 Å². The minimum absolute atomic E-state index is 0.0358. The Morgan fingerprint density at radius 3 is 2.71 bits per heavy atom. The summed E-state index contributed by atoms with van der Waals surface area (Å²) in [5, 5.41) is 14.2. The second kappa shape index (κ2) is 6.92. The molecule has 0 saturated carbocycles. The highest BCUT2D eigenvalue weighted by Crippen LogP contribution is 2.33. The van der Waals surface area contributed by atoms with Gasteiger partial charge in [0.1, 0.15) is 0 Å². The van der Waals surface area contributed by atoms with Gasteiger partial charge < -0.3 is 10.4 Å². The van der Waals surface area contributed by atoms with Crippen LogP contribution in [0.5, 0.6) is 0 Å². The van der Waals surface area contributed by atoms with E-state index in [2.05, 4.69) is 5.32 Å². The van der Waals surface area contributed by atoms with Crippen molar-refractivity contribution in [3.63, 3.8) is 0 Å². The summed E-state index contributed by atoms with van der Waals surface area (Å²) >= 11 is 8.96. The third kappa shape index (κ3) is 3.86. The summed E-state index contributed by atoms with van der Waals surface area (Å²) in [6.07, 6.45) is 0.507. The fraction of sp³-hybridized carbons (Fsp3) is 0.400. The molecule has 2 aromatic rings. The van der Waals surface area contributed by atoms with Crippen molar-refractivity contribution in [3.8, 4) is 0 Å². The summed E-state index contributed by atoms with van der Waals surface area (Å²) in [5.74, 6) is -0.0622. The summed E-state index contributed by atoms with van der Waals surface area (Å²) in [6, 6.07) is 7.46. The molecule has 3 nitrogen and oxygen atoms in total. The van der Waals surface area contributed by atoms with Crippen LogP contribution in [0.1, 0.15) is 36.1 Å². The zero-order valence-corrected chi connectivity index (χ0v) is 14.3. The van der Waals surface area contributed by atoms with Crippen LogP contribution >= 0.6 is 34.3 Å². The van der Waals surface area contributed by atoms with E-state index >= 15 is 0 Å². The highest BCUT2D eigenvalue weighted by molar-refractivity contribution is 7.16. The molecule has 1 atom stereocenters. The van der Waals surface area contributed by atoms with Gasteiger partial charge in [-0.3, -0.25) is 4.79 Å². The quantitative estimate of drug-likeness (QED) is 0.833. The number of nitrogens with one attached hydrogen (secondary N) is 1. The van der Waals surface area contributed by atoms with Gasteiger partial charge in [0.2, 0.25) is 5.91 Å². The Balaban J connectivity index is 2.15. The number of aliphatic hydroxyl groups is 1. The molecule has 2 heterocycles. The fourth-order valence-electron chi connectivity index (χ4n) is 2.00. The van der Waals surface area contributed by atoms with Crippen molar-refractivity contribution in [3.05, 3.63) is 43.7 Å². The molecule has 0 aliphatic carbocycles. The first-order valence-corrected chi connectivity index (χ1v) is 8.73. The average molecular weight is 344 g/mol. The molecule has 0 aliphatic rings. The predicted octanol–water partition coefficient (Wildman–Crippen LogP) is 3.98. The molecule has 0 fully saturated rings. The highest BCUT2D eigenvalue weighted by Gasteiger charge is 2.33. The number of halogens is 1. The number of carbonyl (C=O) groups is 1. The molecule has 6 heteroatoms. The van der Waals surface area contributed by atoms with Gasteiger partial charge in [-0.25, -0.2) is 0 Å². The second-order valence-corrected chi connectivity index (χ2v) is 7.98. The number of amides is 1. The third-order valence-corrected chi connectivity index (χ3v) is 5.91. The Kier molecular flexibility index (Phi) is 5.43. The number of carbonyl (C=O) groups excluding carboxylic acids is 1. The van der Waals surface area contributed by atoms with Gasteiger partial charge in [0, 0.05) is 16.4 Å². The SMILES string of the molecule is CC(C)(C(=O)NC(CCO)c1cccs1)c1ccc(Cl)s1. The molecular formula is C15H18ClNO2S2. The fourth-order valence-corrected chi connectivity index (χ4v) is 3.96. The summed E-state index contributed by atoms with van der Waals surface area (Å²) in [4.78, 5) is 14.6. The summed E-state index contributed by atoms with van der Waals surface area (Å²) < 4.78 is 0.677. The molecule has 0 spiro atoms. The average Bonchev–Trinajstić information content (AvgIpc) is 3.09. The Bertz CT molecular complexity index is 593. The minimum atomic E-state index is -0.650. The molecule has 0 bridgehead atoms. The summed E-state index contributed by atoms with van der Waals surface area (Å²) in [7, 11) is 0. The first-order chi connectivity index (χ1) is 9.95. The zero-order chi connectivity index (χ0) is 15.5. The Hall–Kier alpha value is -0.880. The standard InChI is InChI=1S/C15H18ClNO2S2/c1-15(2,12-5-6-13(16)21-12)14(19)17-10(7-8-18)11-4-3-9-20-11/h3-6,9-10,18H,7-8H2,1-2H3,(H,17,19). The lowest BCUT2D eigenvalue weighted by Gasteiger charge is -2.26. The van der Waals surface area contributed by atoms with Crippen LogP contribution in [0.3, 0.4) is 0 Å². The maximum absolute atomic E-state index is 12.6. The number of hydrogen-bond donors (Lipinski definition) is 2. The van der Waals surface area contributed by atoms with Gasteiger partial charge in [0.05, 0.1) is 15.8 Å². The molecule has 0 radical (unpaired) electrons. The molecule has 2 aromatic heterocycles. The number of rotatable bonds is 6. The lowest BCUT2D eigenvalue weighted by Crippen LogP contribution is -2.41. The number of thiophene rings is 2. The van der Waals surface area contributed by atoms with Crippen LogP contribution < -0.4 is 5.32 Å². The molecule has 21 heavy (non-hydrogen) atoms. The Morgan fingerprint density at radius 1 is 1.43 bits per heavy atom. The first-order valence-electron chi connectivity index (χ1n) is 6.66. The van der Waals surface area contributed by atoms with Crippen molar-refractivity contribution in [1.82, 2.24) is 5.32 Å². The van der Waals surface area contributed by atoms with Crippen molar-refractivity contribution in [1.29, 1.82) is 0 Å². The van der Waals surface area contributed by atoms with Crippen LogP contribution in [-0.4, -0.2) is 17.6 Å². The van der Waals surface area contributed by atoms with Gasteiger partial charge in [0.25, 0.3) is 0 Å². The maximum Gasteiger partial charge on any atom is 0.231 e. The van der Waals surface area contributed by atoms with E-state index in [0.717, 1.165) is 9.75 Å². The van der Waals surface area contributed by atoms with E-state index in [1.165, 1.54) is 11.3 Å². The van der Waals surface area contributed by atoms with Crippen LogP contribution in [0.4, 0.5) is 0 Å². The van der Waals surface area contributed by atoms with Crippen LogP contribution in [0.2, 0.25) is 4.34 Å². The van der Waals surface area contributed by atoms with E-state index in [0.29, 0.717) is 10.8 Å².